The van der Waals surface area contributed by atoms with Gasteiger partial charge in [0, 0.05) is 32.6 Å². The molecule has 6 heteroatoms. The maximum absolute atomic E-state index is 5.74. The highest BCUT2D eigenvalue weighted by atomic mass is 127. The number of ether oxygens (including phenoxy) is 1. The van der Waals surface area contributed by atoms with E-state index >= 15 is 0 Å². The van der Waals surface area contributed by atoms with Gasteiger partial charge in [0.2, 0.25) is 0 Å². The molecule has 0 bridgehead atoms. The van der Waals surface area contributed by atoms with Crippen LogP contribution in [0.1, 0.15) is 37.2 Å². The number of hydrogen-bond donors (Lipinski definition) is 2. The fourth-order valence-corrected chi connectivity index (χ4v) is 3.58. The molecule has 1 fully saturated rings. The number of hydrogen-bond acceptors (Lipinski definition) is 3. The fraction of sp³-hybridized carbons (Fsp3) is 0.632. The summed E-state index contributed by atoms with van der Waals surface area (Å²) in [5.74, 6) is 2.41. The van der Waals surface area contributed by atoms with Crippen LogP contribution in [0.2, 0.25) is 0 Å². The second kappa shape index (κ2) is 10.9. The first-order chi connectivity index (χ1) is 11.9. The van der Waals surface area contributed by atoms with Crippen molar-refractivity contribution in [3.8, 4) is 5.75 Å². The lowest BCUT2D eigenvalue weighted by molar-refractivity contribution is 0.232. The number of piperidine rings is 1. The molecule has 1 aromatic carbocycles. The van der Waals surface area contributed by atoms with Crippen molar-refractivity contribution in [3.63, 3.8) is 0 Å². The number of nitrogens with one attached hydrogen (secondary N) is 2. The summed E-state index contributed by atoms with van der Waals surface area (Å²) in [6.45, 7) is 6.22. The normalized spacial score (nSPS) is 20.8. The summed E-state index contributed by atoms with van der Waals surface area (Å²) in [5.41, 5.74) is 1.31. The van der Waals surface area contributed by atoms with Crippen molar-refractivity contribution in [3.05, 3.63) is 29.8 Å². The third kappa shape index (κ3) is 6.02. The molecule has 2 N–H and O–H groups in total. The average Bonchev–Trinajstić information content (AvgIpc) is 2.65. The predicted octanol–water partition coefficient (Wildman–Crippen LogP) is 2.82. The molecule has 3 rings (SSSR count). The summed E-state index contributed by atoms with van der Waals surface area (Å²) < 4.78 is 5.74. The summed E-state index contributed by atoms with van der Waals surface area (Å²) in [6.07, 6.45) is 5.13. The lowest BCUT2D eigenvalue weighted by Gasteiger charge is -2.28. The molecule has 0 aromatic heterocycles. The Morgan fingerprint density at radius 1 is 1.20 bits per heavy atom. The molecule has 0 amide bonds. The Kier molecular flexibility index (Phi) is 8.81. The van der Waals surface area contributed by atoms with Crippen molar-refractivity contribution in [1.82, 2.24) is 15.5 Å². The lowest BCUT2D eigenvalue weighted by atomic mass is 9.93. The molecule has 2 aliphatic rings. The van der Waals surface area contributed by atoms with Crippen LogP contribution in [0.25, 0.3) is 0 Å². The molecule has 25 heavy (non-hydrogen) atoms. The zero-order valence-corrected chi connectivity index (χ0v) is 17.5. The van der Waals surface area contributed by atoms with Crippen molar-refractivity contribution in [2.24, 2.45) is 4.99 Å². The fourth-order valence-electron chi connectivity index (χ4n) is 3.58. The first-order valence-electron chi connectivity index (χ1n) is 9.25. The molecule has 0 aliphatic carbocycles. The minimum Gasteiger partial charge on any atom is -0.493 e. The number of nitrogens with zero attached hydrogens (tertiary/aromatic N) is 2. The van der Waals surface area contributed by atoms with E-state index < -0.39 is 0 Å². The number of rotatable bonds is 5. The van der Waals surface area contributed by atoms with Crippen LogP contribution in [-0.4, -0.2) is 57.2 Å². The maximum atomic E-state index is 5.74. The highest BCUT2D eigenvalue weighted by Gasteiger charge is 2.21. The van der Waals surface area contributed by atoms with E-state index in [-0.39, 0.29) is 24.0 Å². The molecular formula is C19H31IN4O. The summed E-state index contributed by atoms with van der Waals surface area (Å²) in [5, 5.41) is 6.93. The smallest absolute Gasteiger partial charge is 0.191 e. The van der Waals surface area contributed by atoms with Crippen LogP contribution in [0.4, 0.5) is 0 Å². The lowest BCUT2D eigenvalue weighted by Crippen LogP contribution is -2.44. The first kappa shape index (κ1) is 20.3. The molecule has 0 radical (unpaired) electrons. The van der Waals surface area contributed by atoms with Gasteiger partial charge in [-0.15, -0.1) is 24.0 Å². The van der Waals surface area contributed by atoms with Gasteiger partial charge in [0.05, 0.1) is 6.61 Å². The van der Waals surface area contributed by atoms with Gasteiger partial charge >= 0.3 is 0 Å². The van der Waals surface area contributed by atoms with Crippen LogP contribution in [0.5, 0.6) is 5.75 Å². The molecule has 0 spiro atoms. The second-order valence-electron chi connectivity index (χ2n) is 6.65. The molecule has 140 valence electrons. The summed E-state index contributed by atoms with van der Waals surface area (Å²) >= 11 is 0. The first-order valence-corrected chi connectivity index (χ1v) is 9.25. The van der Waals surface area contributed by atoms with E-state index in [4.69, 9.17) is 4.74 Å². The monoisotopic (exact) mass is 458 g/mol. The molecule has 1 unspecified atom stereocenters. The molecule has 2 aliphatic heterocycles. The average molecular weight is 458 g/mol. The zero-order valence-electron chi connectivity index (χ0n) is 15.2. The van der Waals surface area contributed by atoms with E-state index in [2.05, 4.69) is 38.7 Å². The summed E-state index contributed by atoms with van der Waals surface area (Å²) in [7, 11) is 1.84. The van der Waals surface area contributed by atoms with Crippen molar-refractivity contribution < 1.29 is 4.74 Å². The highest BCUT2D eigenvalue weighted by Crippen LogP contribution is 2.32. The van der Waals surface area contributed by atoms with Crippen LogP contribution >= 0.6 is 24.0 Å². The SMILES string of the molecule is CN=C(NCCN1CCCCC1)NCC1CCOc2ccccc21.I. The Morgan fingerprint density at radius 3 is 2.80 bits per heavy atom. The van der Waals surface area contributed by atoms with Gasteiger partial charge in [0.1, 0.15) is 5.75 Å². The number of aliphatic imine (C=N–C) groups is 1. The number of halogens is 1. The maximum Gasteiger partial charge on any atom is 0.191 e. The number of benzene rings is 1. The van der Waals surface area contributed by atoms with Crippen LogP contribution < -0.4 is 15.4 Å². The largest absolute Gasteiger partial charge is 0.493 e. The molecule has 1 aromatic rings. The Bertz CT molecular complexity index is 546. The molecule has 2 heterocycles. The van der Waals surface area contributed by atoms with Gasteiger partial charge in [0.15, 0.2) is 5.96 Å². The van der Waals surface area contributed by atoms with Crippen LogP contribution in [0.15, 0.2) is 29.3 Å². The third-order valence-corrected chi connectivity index (χ3v) is 4.99. The number of para-hydroxylation sites is 1. The summed E-state index contributed by atoms with van der Waals surface area (Å²) in [4.78, 5) is 6.90. The van der Waals surface area contributed by atoms with Gasteiger partial charge in [-0.25, -0.2) is 0 Å². The van der Waals surface area contributed by atoms with Gasteiger partial charge in [-0.1, -0.05) is 24.6 Å². The van der Waals surface area contributed by atoms with Gasteiger partial charge in [-0.3, -0.25) is 4.99 Å². The van der Waals surface area contributed by atoms with Gasteiger partial charge < -0.3 is 20.3 Å². The topological polar surface area (TPSA) is 48.9 Å². The Hall–Kier alpha value is -1.02. The highest BCUT2D eigenvalue weighted by molar-refractivity contribution is 14.0. The van der Waals surface area contributed by atoms with E-state index in [0.717, 1.165) is 44.4 Å². The van der Waals surface area contributed by atoms with Crippen LogP contribution in [0, 0.1) is 0 Å². The van der Waals surface area contributed by atoms with Crippen molar-refractivity contribution >= 4 is 29.9 Å². The van der Waals surface area contributed by atoms with E-state index in [9.17, 15) is 0 Å². The summed E-state index contributed by atoms with van der Waals surface area (Å²) in [6, 6.07) is 8.36. The van der Waals surface area contributed by atoms with Crippen LogP contribution in [-0.2, 0) is 0 Å². The van der Waals surface area contributed by atoms with Gasteiger partial charge in [-0.2, -0.15) is 0 Å². The Balaban J connectivity index is 0.00000225. The van der Waals surface area contributed by atoms with E-state index in [1.165, 1.54) is 37.9 Å². The predicted molar refractivity (Wildman–Crippen MR) is 114 cm³/mol. The second-order valence-corrected chi connectivity index (χ2v) is 6.65. The molecule has 1 saturated heterocycles. The molecule has 1 atom stereocenters. The van der Waals surface area contributed by atoms with Gasteiger partial charge in [0.25, 0.3) is 0 Å². The minimum absolute atomic E-state index is 0. The van der Waals surface area contributed by atoms with Crippen molar-refractivity contribution in [1.29, 1.82) is 0 Å². The number of guanidine groups is 1. The third-order valence-electron chi connectivity index (χ3n) is 4.99. The zero-order chi connectivity index (χ0) is 16.6. The standard InChI is InChI=1S/C19H30N4O.HI/c1-20-19(21-10-13-23-11-5-2-6-12-23)22-15-16-9-14-24-18-8-4-3-7-17(16)18;/h3-4,7-8,16H,2,5-6,9-15H2,1H3,(H2,20,21,22);1H. The van der Waals surface area contributed by atoms with Crippen LogP contribution in [0.3, 0.4) is 0 Å². The Morgan fingerprint density at radius 2 is 2.00 bits per heavy atom. The van der Waals surface area contributed by atoms with E-state index in [0.29, 0.717) is 5.92 Å². The van der Waals surface area contributed by atoms with Crippen molar-refractivity contribution in [2.45, 2.75) is 31.6 Å². The van der Waals surface area contributed by atoms with E-state index in [1.807, 2.05) is 13.1 Å². The number of fused-ring (bicyclic) bond motifs is 1. The molecule has 5 nitrogen and oxygen atoms in total. The van der Waals surface area contributed by atoms with E-state index in [1.54, 1.807) is 0 Å². The van der Waals surface area contributed by atoms with Crippen molar-refractivity contribution in [2.75, 3.05) is 46.4 Å². The minimum atomic E-state index is 0. The Labute approximate surface area is 168 Å². The molecule has 0 saturated carbocycles. The molecular weight excluding hydrogens is 427 g/mol. The number of likely N-dealkylation sites (tertiary alicyclic amines) is 1. The van der Waals surface area contributed by atoms with Gasteiger partial charge in [-0.05, 0) is 44.0 Å². The quantitative estimate of drug-likeness (QED) is 0.405.